The number of halogens is 3. The van der Waals surface area contributed by atoms with E-state index in [-0.39, 0.29) is 23.8 Å². The molecule has 7 heteroatoms. The highest BCUT2D eigenvalue weighted by Gasteiger charge is 2.36. The maximum atomic E-state index is 13.7. The van der Waals surface area contributed by atoms with Crippen molar-refractivity contribution in [2.24, 2.45) is 0 Å². The molecule has 0 saturated carbocycles. The Labute approximate surface area is 153 Å². The van der Waals surface area contributed by atoms with Gasteiger partial charge in [0.2, 0.25) is 0 Å². The van der Waals surface area contributed by atoms with Crippen molar-refractivity contribution < 1.29 is 13.2 Å². The second-order valence-corrected chi connectivity index (χ2v) is 6.34. The van der Waals surface area contributed by atoms with Gasteiger partial charge < -0.3 is 0 Å². The Kier molecular flexibility index (Phi) is 4.75. The molecular formula is C20H16F3N3O. The standard InChI is InChI=1S/C20H16F3N3O/c1-4-10-26-18(12(2)3)25-17-16(19(26)27)14(20(21,22)23)11-15(24-17)13-8-6-5-7-9-13/h1,5-9,11-12H,10H2,2-3H3. The molecule has 0 aliphatic carbocycles. The molecule has 0 fully saturated rings. The Hall–Kier alpha value is -3.14. The van der Waals surface area contributed by atoms with Crippen molar-refractivity contribution in [3.05, 3.63) is 58.1 Å². The smallest absolute Gasteiger partial charge is 0.284 e. The van der Waals surface area contributed by atoms with Crippen molar-refractivity contribution in [3.8, 4) is 23.6 Å². The van der Waals surface area contributed by atoms with Gasteiger partial charge >= 0.3 is 6.18 Å². The fraction of sp³-hybridized carbons (Fsp3) is 0.250. The van der Waals surface area contributed by atoms with Crippen LogP contribution in [0.15, 0.2) is 41.2 Å². The largest absolute Gasteiger partial charge is 0.417 e. The van der Waals surface area contributed by atoms with Crippen LogP contribution in [0.4, 0.5) is 13.2 Å². The first kappa shape index (κ1) is 18.6. The number of alkyl halides is 3. The van der Waals surface area contributed by atoms with E-state index in [1.807, 2.05) is 0 Å². The molecule has 0 aliphatic heterocycles. The maximum Gasteiger partial charge on any atom is 0.417 e. The van der Waals surface area contributed by atoms with Gasteiger partial charge in [0, 0.05) is 11.5 Å². The first-order valence-corrected chi connectivity index (χ1v) is 8.25. The minimum Gasteiger partial charge on any atom is -0.284 e. The lowest BCUT2D eigenvalue weighted by Crippen LogP contribution is -2.28. The molecule has 0 bridgehead atoms. The first-order valence-electron chi connectivity index (χ1n) is 8.25. The Bertz CT molecular complexity index is 1090. The Balaban J connectivity index is 2.46. The van der Waals surface area contributed by atoms with Gasteiger partial charge in [0.1, 0.15) is 5.82 Å². The molecule has 2 heterocycles. The van der Waals surface area contributed by atoms with E-state index in [1.54, 1.807) is 44.2 Å². The number of hydrogen-bond donors (Lipinski definition) is 0. The van der Waals surface area contributed by atoms with Gasteiger partial charge in [0.05, 0.1) is 23.2 Å². The SMILES string of the molecule is C#CCn1c(C(C)C)nc2nc(-c3ccccc3)cc(C(F)(F)F)c2c1=O. The Morgan fingerprint density at radius 3 is 2.41 bits per heavy atom. The molecule has 0 spiro atoms. The number of benzene rings is 1. The van der Waals surface area contributed by atoms with Crippen LogP contribution in [0.25, 0.3) is 22.3 Å². The zero-order chi connectivity index (χ0) is 19.8. The Morgan fingerprint density at radius 2 is 1.85 bits per heavy atom. The molecule has 3 aromatic rings. The molecule has 3 rings (SSSR count). The molecule has 0 unspecified atom stereocenters. The zero-order valence-corrected chi connectivity index (χ0v) is 14.7. The summed E-state index contributed by atoms with van der Waals surface area (Å²) in [7, 11) is 0. The van der Waals surface area contributed by atoms with E-state index < -0.39 is 22.7 Å². The summed E-state index contributed by atoms with van der Waals surface area (Å²) in [6.45, 7) is 3.41. The van der Waals surface area contributed by atoms with Gasteiger partial charge in [0.15, 0.2) is 5.65 Å². The lowest BCUT2D eigenvalue weighted by Gasteiger charge is -2.17. The molecule has 0 radical (unpaired) electrons. The third-order valence-corrected chi connectivity index (χ3v) is 4.10. The van der Waals surface area contributed by atoms with E-state index in [0.29, 0.717) is 11.4 Å². The van der Waals surface area contributed by atoms with Crippen LogP contribution in [-0.2, 0) is 12.7 Å². The van der Waals surface area contributed by atoms with E-state index in [1.165, 1.54) is 0 Å². The maximum absolute atomic E-state index is 13.7. The third-order valence-electron chi connectivity index (χ3n) is 4.10. The van der Waals surface area contributed by atoms with Gasteiger partial charge in [0.25, 0.3) is 5.56 Å². The molecule has 0 N–H and O–H groups in total. The highest BCUT2D eigenvalue weighted by Crippen LogP contribution is 2.35. The minimum atomic E-state index is -4.74. The summed E-state index contributed by atoms with van der Waals surface area (Å²) in [6, 6.07) is 9.34. The molecule has 27 heavy (non-hydrogen) atoms. The second kappa shape index (κ2) is 6.88. The molecule has 138 valence electrons. The number of terminal acetylenes is 1. The lowest BCUT2D eigenvalue weighted by atomic mass is 10.1. The molecule has 1 aromatic carbocycles. The van der Waals surface area contributed by atoms with Crippen molar-refractivity contribution in [1.29, 1.82) is 0 Å². The summed E-state index contributed by atoms with van der Waals surface area (Å²) in [5.74, 6) is 2.39. The van der Waals surface area contributed by atoms with Crippen molar-refractivity contribution >= 4 is 11.0 Å². The quantitative estimate of drug-likeness (QED) is 0.647. The highest BCUT2D eigenvalue weighted by atomic mass is 19.4. The molecule has 0 amide bonds. The van der Waals surface area contributed by atoms with Crippen LogP contribution in [-0.4, -0.2) is 14.5 Å². The monoisotopic (exact) mass is 371 g/mol. The molecular weight excluding hydrogens is 355 g/mol. The third kappa shape index (κ3) is 3.43. The molecule has 2 aromatic heterocycles. The number of rotatable bonds is 3. The van der Waals surface area contributed by atoms with Gasteiger partial charge in [-0.2, -0.15) is 13.2 Å². The average Bonchev–Trinajstić information content (AvgIpc) is 2.62. The van der Waals surface area contributed by atoms with Gasteiger partial charge in [-0.25, -0.2) is 9.97 Å². The summed E-state index contributed by atoms with van der Waals surface area (Å²) in [5.41, 5.74) is -1.52. The van der Waals surface area contributed by atoms with Gasteiger partial charge in [-0.3, -0.25) is 9.36 Å². The van der Waals surface area contributed by atoms with Crippen LogP contribution in [0.5, 0.6) is 0 Å². The van der Waals surface area contributed by atoms with Gasteiger partial charge in [-0.05, 0) is 6.07 Å². The topological polar surface area (TPSA) is 47.8 Å². The van der Waals surface area contributed by atoms with Crippen LogP contribution in [0.3, 0.4) is 0 Å². The van der Waals surface area contributed by atoms with E-state index in [4.69, 9.17) is 6.42 Å². The van der Waals surface area contributed by atoms with Crippen LogP contribution in [0.2, 0.25) is 0 Å². The predicted molar refractivity (Wildman–Crippen MR) is 97.2 cm³/mol. The Morgan fingerprint density at radius 1 is 1.19 bits per heavy atom. The van der Waals surface area contributed by atoms with E-state index in [9.17, 15) is 18.0 Å². The molecule has 0 aliphatic rings. The van der Waals surface area contributed by atoms with E-state index >= 15 is 0 Å². The average molecular weight is 371 g/mol. The summed E-state index contributed by atoms with van der Waals surface area (Å²) < 4.78 is 42.3. The summed E-state index contributed by atoms with van der Waals surface area (Å²) in [6.07, 6.45) is 0.554. The number of nitrogens with zero attached hydrogens (tertiary/aromatic N) is 3. The second-order valence-electron chi connectivity index (χ2n) is 6.34. The molecule has 4 nitrogen and oxygen atoms in total. The van der Waals surface area contributed by atoms with E-state index in [0.717, 1.165) is 10.6 Å². The molecule has 0 atom stereocenters. The number of aromatic nitrogens is 3. The number of pyridine rings is 1. The van der Waals surface area contributed by atoms with Crippen LogP contribution in [0, 0.1) is 12.3 Å². The molecule has 0 saturated heterocycles. The lowest BCUT2D eigenvalue weighted by molar-refractivity contribution is -0.136. The van der Waals surface area contributed by atoms with Crippen LogP contribution >= 0.6 is 0 Å². The van der Waals surface area contributed by atoms with Crippen molar-refractivity contribution in [2.75, 3.05) is 0 Å². The normalized spacial score (nSPS) is 11.7. The van der Waals surface area contributed by atoms with Gasteiger partial charge in [-0.1, -0.05) is 50.1 Å². The highest BCUT2D eigenvalue weighted by molar-refractivity contribution is 5.82. The summed E-state index contributed by atoms with van der Waals surface area (Å²) in [4.78, 5) is 21.4. The fourth-order valence-corrected chi connectivity index (χ4v) is 2.90. The van der Waals surface area contributed by atoms with Crippen molar-refractivity contribution in [3.63, 3.8) is 0 Å². The van der Waals surface area contributed by atoms with Crippen molar-refractivity contribution in [2.45, 2.75) is 32.5 Å². The zero-order valence-electron chi connectivity index (χ0n) is 14.7. The minimum absolute atomic E-state index is 0.103. The first-order chi connectivity index (χ1) is 12.7. The van der Waals surface area contributed by atoms with Crippen LogP contribution < -0.4 is 5.56 Å². The predicted octanol–water partition coefficient (Wildman–Crippen LogP) is 4.23. The summed E-state index contributed by atoms with van der Waals surface area (Å²) in [5, 5.41) is -0.568. The van der Waals surface area contributed by atoms with E-state index in [2.05, 4.69) is 15.9 Å². The fourth-order valence-electron chi connectivity index (χ4n) is 2.90. The number of fused-ring (bicyclic) bond motifs is 1. The van der Waals surface area contributed by atoms with Gasteiger partial charge in [-0.15, -0.1) is 6.42 Å². The summed E-state index contributed by atoms with van der Waals surface area (Å²) >= 11 is 0. The number of hydrogen-bond acceptors (Lipinski definition) is 3. The van der Waals surface area contributed by atoms with Crippen LogP contribution in [0.1, 0.15) is 31.2 Å². The van der Waals surface area contributed by atoms with Crippen molar-refractivity contribution in [1.82, 2.24) is 14.5 Å².